The lowest BCUT2D eigenvalue weighted by Gasteiger charge is -2.14. The Hall–Kier alpha value is -3.04. The number of fused-ring (bicyclic) bond motifs is 1. The van der Waals surface area contributed by atoms with Gasteiger partial charge in [0.05, 0.1) is 24.0 Å². The molecule has 4 aromatic rings. The lowest BCUT2D eigenvalue weighted by atomic mass is 10.1. The molecule has 0 amide bonds. The van der Waals surface area contributed by atoms with E-state index in [4.69, 9.17) is 32.9 Å². The Balaban J connectivity index is 1.43. The molecule has 1 aromatic carbocycles. The molecule has 0 radical (unpaired) electrons. The summed E-state index contributed by atoms with van der Waals surface area (Å²) in [5.74, 6) is 2.07. The average Bonchev–Trinajstić information content (AvgIpc) is 3.46. The van der Waals surface area contributed by atoms with Crippen LogP contribution in [0.3, 0.4) is 0 Å². The molecule has 1 unspecified atom stereocenters. The summed E-state index contributed by atoms with van der Waals surface area (Å²) in [6.07, 6.45) is 9.89. The number of ether oxygens (including phenoxy) is 1. The van der Waals surface area contributed by atoms with E-state index in [1.54, 1.807) is 25.8 Å². The molecule has 9 nitrogen and oxygen atoms in total. The van der Waals surface area contributed by atoms with Gasteiger partial charge in [-0.3, -0.25) is 4.68 Å². The van der Waals surface area contributed by atoms with Gasteiger partial charge < -0.3 is 14.6 Å². The molecule has 4 heterocycles. The molecular weight excluding hydrogens is 439 g/mol. The number of hydrogen-bond acceptors (Lipinski definition) is 6. The third-order valence-corrected chi connectivity index (χ3v) is 5.64. The summed E-state index contributed by atoms with van der Waals surface area (Å²) in [4.78, 5) is 8.83. The van der Waals surface area contributed by atoms with Gasteiger partial charge in [-0.2, -0.15) is 10.1 Å². The third-order valence-electron chi connectivity index (χ3n) is 5.25. The highest BCUT2D eigenvalue weighted by atomic mass is 35.5. The molecule has 5 rings (SSSR count). The molecule has 0 saturated carbocycles. The molecule has 0 fully saturated rings. The van der Waals surface area contributed by atoms with E-state index in [0.29, 0.717) is 21.9 Å². The van der Waals surface area contributed by atoms with Gasteiger partial charge in [0.25, 0.3) is 0 Å². The second-order valence-electron chi connectivity index (χ2n) is 7.28. The van der Waals surface area contributed by atoms with E-state index in [1.807, 2.05) is 38.3 Å². The van der Waals surface area contributed by atoms with E-state index in [2.05, 4.69) is 20.5 Å². The number of imidazole rings is 1. The van der Waals surface area contributed by atoms with Gasteiger partial charge in [-0.15, -0.1) is 5.10 Å². The first kappa shape index (κ1) is 19.9. The minimum atomic E-state index is 0.000881. The van der Waals surface area contributed by atoms with Crippen molar-refractivity contribution in [2.45, 2.75) is 31.8 Å². The zero-order chi connectivity index (χ0) is 21.4. The lowest BCUT2D eigenvalue weighted by Crippen LogP contribution is -2.15. The van der Waals surface area contributed by atoms with Gasteiger partial charge in [-0.25, -0.2) is 9.67 Å². The molecule has 1 aliphatic rings. The second kappa shape index (κ2) is 8.24. The fourth-order valence-electron chi connectivity index (χ4n) is 3.81. The number of rotatable bonds is 5. The smallest absolute Gasteiger partial charge is 0.246 e. The summed E-state index contributed by atoms with van der Waals surface area (Å²) in [6, 6.07) is 5.75. The van der Waals surface area contributed by atoms with Gasteiger partial charge >= 0.3 is 0 Å². The van der Waals surface area contributed by atoms with E-state index in [-0.39, 0.29) is 6.04 Å². The number of methoxy groups -OCH3 is 1. The van der Waals surface area contributed by atoms with Crippen LogP contribution < -0.4 is 10.1 Å². The van der Waals surface area contributed by atoms with Crippen molar-refractivity contribution in [1.29, 1.82) is 0 Å². The topological polar surface area (TPSA) is 87.6 Å². The van der Waals surface area contributed by atoms with E-state index >= 15 is 0 Å². The van der Waals surface area contributed by atoms with Crippen LogP contribution in [0.2, 0.25) is 10.2 Å². The van der Waals surface area contributed by atoms with Crippen LogP contribution in [0.25, 0.3) is 5.69 Å². The fourth-order valence-corrected chi connectivity index (χ4v) is 4.10. The normalized spacial score (nSPS) is 16.0. The van der Waals surface area contributed by atoms with Gasteiger partial charge in [0.15, 0.2) is 5.82 Å². The summed E-state index contributed by atoms with van der Waals surface area (Å²) in [5.41, 5.74) is 1.64. The number of anilines is 2. The van der Waals surface area contributed by atoms with Crippen molar-refractivity contribution in [3.05, 3.63) is 59.1 Å². The Morgan fingerprint density at radius 3 is 2.84 bits per heavy atom. The van der Waals surface area contributed by atoms with Gasteiger partial charge in [0.1, 0.15) is 23.3 Å². The molecule has 1 atom stereocenters. The maximum atomic E-state index is 6.08. The van der Waals surface area contributed by atoms with Crippen molar-refractivity contribution in [3.8, 4) is 11.4 Å². The minimum Gasteiger partial charge on any atom is -0.494 e. The largest absolute Gasteiger partial charge is 0.494 e. The number of halogens is 2. The number of benzene rings is 1. The average molecular weight is 459 g/mol. The summed E-state index contributed by atoms with van der Waals surface area (Å²) in [5, 5.41) is 13.4. The van der Waals surface area contributed by atoms with E-state index in [0.717, 1.165) is 43.0 Å². The van der Waals surface area contributed by atoms with Gasteiger partial charge in [0.2, 0.25) is 5.95 Å². The maximum Gasteiger partial charge on any atom is 0.246 e. The summed E-state index contributed by atoms with van der Waals surface area (Å²) in [6.45, 7) is 0.819. The van der Waals surface area contributed by atoms with Crippen molar-refractivity contribution >= 4 is 34.8 Å². The van der Waals surface area contributed by atoms with Crippen LogP contribution in [0.1, 0.15) is 31.1 Å². The summed E-state index contributed by atoms with van der Waals surface area (Å²) >= 11 is 12.0. The van der Waals surface area contributed by atoms with Crippen LogP contribution in [0.15, 0.2) is 43.1 Å². The Morgan fingerprint density at radius 1 is 1.19 bits per heavy atom. The predicted molar refractivity (Wildman–Crippen MR) is 118 cm³/mol. The molecule has 1 aliphatic heterocycles. The Bertz CT molecular complexity index is 1210. The van der Waals surface area contributed by atoms with E-state index < -0.39 is 0 Å². The highest BCUT2D eigenvalue weighted by Gasteiger charge is 2.25. The van der Waals surface area contributed by atoms with E-state index in [9.17, 15) is 0 Å². The minimum absolute atomic E-state index is 0.000881. The molecule has 1 N–H and O–H groups in total. The zero-order valence-electron chi connectivity index (χ0n) is 16.7. The number of aryl methyl sites for hydroxylation is 1. The quantitative estimate of drug-likeness (QED) is 0.473. The van der Waals surface area contributed by atoms with Crippen LogP contribution in [-0.4, -0.2) is 41.2 Å². The van der Waals surface area contributed by atoms with Crippen LogP contribution >= 0.6 is 23.2 Å². The predicted octanol–water partition coefficient (Wildman–Crippen LogP) is 4.49. The summed E-state index contributed by atoms with van der Waals surface area (Å²) < 4.78 is 11.2. The Kier molecular flexibility index (Phi) is 5.29. The van der Waals surface area contributed by atoms with Crippen LogP contribution in [0.4, 0.5) is 11.6 Å². The first-order chi connectivity index (χ1) is 15.1. The molecular formula is C20H20Cl2N8O. The molecule has 0 saturated heterocycles. The standard InChI is InChI=1S/C20H20Cl2N8O/c1-31-17-8-14(5-6-15(17)28-11-18(22)23-12-28)25-20-26-19-16(30-10-13(21)9-24-30)4-2-3-7-29(19)27-20/h5-6,8-12,16H,2-4,7H2,1H3,(H,25,27). The molecule has 0 aliphatic carbocycles. The van der Waals surface area contributed by atoms with Gasteiger partial charge in [-0.1, -0.05) is 23.2 Å². The van der Waals surface area contributed by atoms with Crippen LogP contribution in [0.5, 0.6) is 5.75 Å². The number of nitrogens with one attached hydrogen (secondary N) is 1. The molecule has 160 valence electrons. The zero-order valence-corrected chi connectivity index (χ0v) is 18.3. The SMILES string of the molecule is COc1cc(Nc2nc3n(n2)CCCCC3n2cc(Cl)cn2)ccc1-n1cnc(Cl)c1. The highest BCUT2D eigenvalue weighted by Crippen LogP contribution is 2.31. The molecule has 31 heavy (non-hydrogen) atoms. The lowest BCUT2D eigenvalue weighted by molar-refractivity contribution is 0.413. The highest BCUT2D eigenvalue weighted by molar-refractivity contribution is 6.30. The van der Waals surface area contributed by atoms with Crippen LogP contribution in [0, 0.1) is 0 Å². The number of nitrogens with zero attached hydrogens (tertiary/aromatic N) is 7. The monoisotopic (exact) mass is 458 g/mol. The molecule has 0 bridgehead atoms. The van der Waals surface area contributed by atoms with Crippen molar-refractivity contribution < 1.29 is 4.74 Å². The van der Waals surface area contributed by atoms with Gasteiger partial charge in [0, 0.05) is 30.7 Å². The Labute approximate surface area is 188 Å². The van der Waals surface area contributed by atoms with Crippen molar-refractivity contribution in [2.24, 2.45) is 0 Å². The van der Waals surface area contributed by atoms with Crippen molar-refractivity contribution in [3.63, 3.8) is 0 Å². The number of aromatic nitrogens is 7. The van der Waals surface area contributed by atoms with Crippen molar-refractivity contribution in [2.75, 3.05) is 12.4 Å². The van der Waals surface area contributed by atoms with Crippen LogP contribution in [-0.2, 0) is 6.54 Å². The first-order valence-electron chi connectivity index (χ1n) is 9.90. The van der Waals surface area contributed by atoms with Crippen molar-refractivity contribution in [1.82, 2.24) is 34.1 Å². The summed E-state index contributed by atoms with van der Waals surface area (Å²) in [7, 11) is 1.62. The second-order valence-corrected chi connectivity index (χ2v) is 8.11. The van der Waals surface area contributed by atoms with E-state index in [1.165, 1.54) is 0 Å². The Morgan fingerprint density at radius 2 is 2.10 bits per heavy atom. The molecule has 3 aromatic heterocycles. The maximum absolute atomic E-state index is 6.08. The molecule has 11 heteroatoms. The van der Waals surface area contributed by atoms with Gasteiger partial charge in [-0.05, 0) is 31.4 Å². The molecule has 0 spiro atoms. The third kappa shape index (κ3) is 3.98. The first-order valence-corrected chi connectivity index (χ1v) is 10.7. The fraction of sp³-hybridized carbons (Fsp3) is 0.300. The number of hydrogen-bond donors (Lipinski definition) is 1.